The van der Waals surface area contributed by atoms with Crippen LogP contribution in [0.3, 0.4) is 0 Å². The van der Waals surface area contributed by atoms with Gasteiger partial charge in [0.25, 0.3) is 5.91 Å². The Kier molecular flexibility index (Phi) is 3.38. The summed E-state index contributed by atoms with van der Waals surface area (Å²) < 4.78 is 5.92. The van der Waals surface area contributed by atoms with Crippen molar-refractivity contribution in [1.82, 2.24) is 10.3 Å². The average molecular weight is 261 g/mol. The molecule has 1 aromatic rings. The molecule has 0 unspecified atom stereocenters. The molecule has 102 valence electrons. The first-order chi connectivity index (χ1) is 9.24. The number of carbonyl (C=O) groups excluding carboxylic acids is 1. The number of fused-ring (bicyclic) bond motifs is 1. The first kappa shape index (κ1) is 12.4. The van der Waals surface area contributed by atoms with Crippen molar-refractivity contribution in [3.63, 3.8) is 0 Å². The number of hydrogen-bond acceptors (Lipinski definition) is 4. The number of carbonyl (C=O) groups is 1. The Balaban J connectivity index is 1.87. The predicted octanol–water partition coefficient (Wildman–Crippen LogP) is 0.800. The maximum Gasteiger partial charge on any atom is 0.254 e. The van der Waals surface area contributed by atoms with Crippen molar-refractivity contribution in [3.05, 3.63) is 22.9 Å². The molecule has 0 atom stereocenters. The summed E-state index contributed by atoms with van der Waals surface area (Å²) in [5.74, 6) is -0.0221. The van der Waals surface area contributed by atoms with Gasteiger partial charge in [0.05, 0.1) is 0 Å². The predicted molar refractivity (Wildman–Crippen MR) is 71.3 cm³/mol. The number of piperidine rings is 1. The molecule has 1 aliphatic carbocycles. The van der Waals surface area contributed by atoms with Gasteiger partial charge in [-0.25, -0.2) is 4.98 Å². The van der Waals surface area contributed by atoms with Gasteiger partial charge in [-0.3, -0.25) is 4.79 Å². The van der Waals surface area contributed by atoms with E-state index in [0.29, 0.717) is 11.4 Å². The van der Waals surface area contributed by atoms with Crippen LogP contribution < -0.4 is 15.8 Å². The molecule has 1 saturated heterocycles. The fourth-order valence-corrected chi connectivity index (χ4v) is 2.79. The summed E-state index contributed by atoms with van der Waals surface area (Å²) in [5.41, 5.74) is 8.08. The fourth-order valence-electron chi connectivity index (χ4n) is 2.79. The molecular weight excluding hydrogens is 242 g/mol. The lowest BCUT2D eigenvalue weighted by atomic mass is 10.1. The number of hydrogen-bond donors (Lipinski definition) is 2. The minimum absolute atomic E-state index is 0.131. The van der Waals surface area contributed by atoms with Crippen LogP contribution in [0.15, 0.2) is 6.07 Å². The van der Waals surface area contributed by atoms with Crippen LogP contribution in [0.5, 0.6) is 5.88 Å². The number of primary amides is 1. The van der Waals surface area contributed by atoms with E-state index in [2.05, 4.69) is 10.3 Å². The van der Waals surface area contributed by atoms with E-state index in [1.165, 1.54) is 0 Å². The van der Waals surface area contributed by atoms with E-state index >= 15 is 0 Å². The van der Waals surface area contributed by atoms with Gasteiger partial charge in [0.15, 0.2) is 0 Å². The van der Waals surface area contributed by atoms with Crippen molar-refractivity contribution >= 4 is 5.91 Å². The first-order valence-corrected chi connectivity index (χ1v) is 6.94. The molecule has 5 heteroatoms. The Morgan fingerprint density at radius 3 is 2.89 bits per heavy atom. The summed E-state index contributed by atoms with van der Waals surface area (Å²) in [6.07, 6.45) is 5.06. The van der Waals surface area contributed by atoms with Gasteiger partial charge >= 0.3 is 0 Å². The van der Waals surface area contributed by atoms with Crippen LogP contribution >= 0.6 is 0 Å². The molecule has 0 saturated carbocycles. The lowest BCUT2D eigenvalue weighted by Gasteiger charge is -2.24. The van der Waals surface area contributed by atoms with Gasteiger partial charge in [0.2, 0.25) is 5.88 Å². The van der Waals surface area contributed by atoms with E-state index in [9.17, 15) is 4.79 Å². The third-order valence-electron chi connectivity index (χ3n) is 3.85. The molecular formula is C14H19N3O2. The highest BCUT2D eigenvalue weighted by Crippen LogP contribution is 2.27. The third-order valence-corrected chi connectivity index (χ3v) is 3.85. The van der Waals surface area contributed by atoms with Crippen molar-refractivity contribution in [1.29, 1.82) is 0 Å². The van der Waals surface area contributed by atoms with Gasteiger partial charge in [-0.05, 0) is 56.8 Å². The number of nitrogens with two attached hydrogens (primary N) is 1. The summed E-state index contributed by atoms with van der Waals surface area (Å²) in [7, 11) is 0. The van der Waals surface area contributed by atoms with Gasteiger partial charge in [-0.15, -0.1) is 0 Å². The Morgan fingerprint density at radius 1 is 1.37 bits per heavy atom. The zero-order valence-electron chi connectivity index (χ0n) is 10.9. The normalized spacial score (nSPS) is 19.2. The summed E-state index contributed by atoms with van der Waals surface area (Å²) in [6.45, 7) is 1.89. The van der Waals surface area contributed by atoms with Crippen molar-refractivity contribution < 1.29 is 9.53 Å². The minimum atomic E-state index is -0.453. The van der Waals surface area contributed by atoms with Crippen molar-refractivity contribution in [2.24, 2.45) is 5.73 Å². The Bertz CT molecular complexity index is 496. The lowest BCUT2D eigenvalue weighted by Crippen LogP contribution is -2.34. The summed E-state index contributed by atoms with van der Waals surface area (Å²) >= 11 is 0. The van der Waals surface area contributed by atoms with E-state index in [1.807, 2.05) is 6.07 Å². The number of ether oxygens (including phenoxy) is 1. The number of amides is 1. The van der Waals surface area contributed by atoms with Crippen molar-refractivity contribution in [3.8, 4) is 5.88 Å². The van der Waals surface area contributed by atoms with Gasteiger partial charge in [0, 0.05) is 5.69 Å². The highest BCUT2D eigenvalue weighted by molar-refractivity contribution is 5.95. The van der Waals surface area contributed by atoms with Crippen LogP contribution in [-0.4, -0.2) is 30.1 Å². The Morgan fingerprint density at radius 2 is 2.16 bits per heavy atom. The van der Waals surface area contributed by atoms with Crippen LogP contribution in [0.25, 0.3) is 0 Å². The maximum absolute atomic E-state index is 11.6. The van der Waals surface area contributed by atoms with Crippen LogP contribution in [0.4, 0.5) is 0 Å². The number of nitrogens with one attached hydrogen (secondary N) is 1. The largest absolute Gasteiger partial charge is 0.474 e. The molecule has 1 aromatic heterocycles. The molecule has 1 fully saturated rings. The van der Waals surface area contributed by atoms with Crippen LogP contribution in [0.2, 0.25) is 0 Å². The topological polar surface area (TPSA) is 77.2 Å². The molecule has 2 aliphatic rings. The number of pyridine rings is 1. The first-order valence-electron chi connectivity index (χ1n) is 6.94. The summed E-state index contributed by atoms with van der Waals surface area (Å²) in [5, 5.41) is 3.29. The van der Waals surface area contributed by atoms with Crippen LogP contribution in [0, 0.1) is 0 Å². The smallest absolute Gasteiger partial charge is 0.254 e. The average Bonchev–Trinajstić information content (AvgIpc) is 2.86. The molecule has 0 bridgehead atoms. The molecule has 0 aromatic carbocycles. The second-order valence-electron chi connectivity index (χ2n) is 5.23. The highest BCUT2D eigenvalue weighted by atomic mass is 16.5. The van der Waals surface area contributed by atoms with Gasteiger partial charge in [-0.2, -0.15) is 0 Å². The van der Waals surface area contributed by atoms with Crippen LogP contribution in [0.1, 0.15) is 40.9 Å². The molecule has 1 aliphatic heterocycles. The van der Waals surface area contributed by atoms with E-state index in [-0.39, 0.29) is 6.10 Å². The molecule has 19 heavy (non-hydrogen) atoms. The molecule has 0 spiro atoms. The van der Waals surface area contributed by atoms with Gasteiger partial charge in [0.1, 0.15) is 11.7 Å². The number of rotatable bonds is 3. The molecule has 5 nitrogen and oxygen atoms in total. The quantitative estimate of drug-likeness (QED) is 0.843. The second kappa shape index (κ2) is 5.17. The van der Waals surface area contributed by atoms with E-state index in [0.717, 1.165) is 56.5 Å². The van der Waals surface area contributed by atoms with E-state index in [1.54, 1.807) is 0 Å². The molecule has 0 radical (unpaired) electrons. The van der Waals surface area contributed by atoms with Gasteiger partial charge < -0.3 is 15.8 Å². The van der Waals surface area contributed by atoms with Crippen molar-refractivity contribution in [2.75, 3.05) is 13.1 Å². The standard InChI is InChI=1S/C14H19N3O2/c15-13(18)11-8-9-2-1-3-12(9)17-14(11)19-10-4-6-16-7-5-10/h8,10,16H,1-7H2,(H2,15,18). The highest BCUT2D eigenvalue weighted by Gasteiger charge is 2.23. The second-order valence-corrected chi connectivity index (χ2v) is 5.23. The van der Waals surface area contributed by atoms with Crippen LogP contribution in [-0.2, 0) is 12.8 Å². The monoisotopic (exact) mass is 261 g/mol. The SMILES string of the molecule is NC(=O)c1cc2c(nc1OC1CCNCC1)CCC2. The number of nitrogens with zero attached hydrogens (tertiary/aromatic N) is 1. The zero-order valence-corrected chi connectivity index (χ0v) is 10.9. The lowest BCUT2D eigenvalue weighted by molar-refractivity contribution is 0.0986. The number of aryl methyl sites for hydroxylation is 2. The minimum Gasteiger partial charge on any atom is -0.474 e. The maximum atomic E-state index is 11.6. The van der Waals surface area contributed by atoms with E-state index < -0.39 is 5.91 Å². The Labute approximate surface area is 112 Å². The zero-order chi connectivity index (χ0) is 13.2. The van der Waals surface area contributed by atoms with E-state index in [4.69, 9.17) is 10.5 Å². The summed E-state index contributed by atoms with van der Waals surface area (Å²) in [4.78, 5) is 16.1. The summed E-state index contributed by atoms with van der Waals surface area (Å²) in [6, 6.07) is 1.87. The molecule has 3 rings (SSSR count). The fraction of sp³-hybridized carbons (Fsp3) is 0.571. The molecule has 2 heterocycles. The molecule has 3 N–H and O–H groups in total. The van der Waals surface area contributed by atoms with Gasteiger partial charge in [-0.1, -0.05) is 0 Å². The third kappa shape index (κ3) is 2.56. The molecule has 1 amide bonds. The number of aromatic nitrogens is 1. The Hall–Kier alpha value is -1.62. The van der Waals surface area contributed by atoms with Crippen molar-refractivity contribution in [2.45, 2.75) is 38.2 Å².